The Kier molecular flexibility index (Phi) is 7.12. The summed E-state index contributed by atoms with van der Waals surface area (Å²) in [6, 6.07) is 0. The maximum Gasteiger partial charge on any atom is 0.309 e. The number of hydrogen-bond acceptors (Lipinski definition) is 3. The fourth-order valence-electron chi connectivity index (χ4n) is 12.9. The van der Waals surface area contributed by atoms with Gasteiger partial charge in [-0.25, -0.2) is 0 Å². The van der Waals surface area contributed by atoms with Gasteiger partial charge in [-0.2, -0.15) is 0 Å². The van der Waals surface area contributed by atoms with Gasteiger partial charge in [0.05, 0.1) is 12.5 Å². The molecule has 6 aliphatic carbocycles. The fraction of sp³-hybridized carbons (Fsp3) is 0.816. The van der Waals surface area contributed by atoms with Crippen molar-refractivity contribution in [2.75, 3.05) is 6.61 Å². The number of carbonyl (C=O) groups excluding carboxylic acids is 1. The summed E-state index contributed by atoms with van der Waals surface area (Å²) in [5.41, 5.74) is 13.0. The molecular formula is C38H59NO2. The van der Waals surface area contributed by atoms with Gasteiger partial charge in [-0.05, 0) is 153 Å². The maximum atomic E-state index is 12.4. The Morgan fingerprint density at radius 1 is 0.951 bits per heavy atom. The Morgan fingerprint density at radius 3 is 2.37 bits per heavy atom. The molecule has 3 nitrogen and oxygen atoms in total. The predicted octanol–water partition coefficient (Wildman–Crippen LogP) is 9.18. The van der Waals surface area contributed by atoms with Crippen molar-refractivity contribution in [1.29, 1.82) is 0 Å². The minimum Gasteiger partial charge on any atom is -0.466 e. The van der Waals surface area contributed by atoms with E-state index in [9.17, 15) is 4.79 Å². The number of allylic oxidation sites excluding steroid dienone is 5. The van der Waals surface area contributed by atoms with Gasteiger partial charge in [-0.1, -0.05) is 58.9 Å². The molecule has 228 valence electrons. The van der Waals surface area contributed by atoms with Crippen molar-refractivity contribution in [2.24, 2.45) is 62.9 Å². The maximum absolute atomic E-state index is 12.4. The number of esters is 1. The largest absolute Gasteiger partial charge is 0.466 e. The van der Waals surface area contributed by atoms with Gasteiger partial charge < -0.3 is 10.5 Å². The first-order valence-electron chi connectivity index (χ1n) is 17.2. The third-order valence-electron chi connectivity index (χ3n) is 15.1. The lowest BCUT2D eigenvalue weighted by molar-refractivity contribution is -0.219. The molecule has 0 aromatic carbocycles. The number of ether oxygens (including phenoxy) is 1. The summed E-state index contributed by atoms with van der Waals surface area (Å²) in [4.78, 5) is 12.4. The van der Waals surface area contributed by atoms with E-state index in [2.05, 4.69) is 60.3 Å². The van der Waals surface area contributed by atoms with Crippen LogP contribution in [0.5, 0.6) is 0 Å². The molecule has 4 saturated carbocycles. The van der Waals surface area contributed by atoms with Crippen molar-refractivity contribution >= 4 is 5.97 Å². The van der Waals surface area contributed by atoms with Crippen molar-refractivity contribution in [3.05, 3.63) is 35.5 Å². The van der Waals surface area contributed by atoms with Crippen LogP contribution < -0.4 is 5.73 Å². The lowest BCUT2D eigenvalue weighted by Gasteiger charge is -2.72. The summed E-state index contributed by atoms with van der Waals surface area (Å²) in [6.07, 6.45) is 19.4. The van der Waals surface area contributed by atoms with Gasteiger partial charge in [-0.15, -0.1) is 0 Å². The molecule has 0 radical (unpaired) electrons. The van der Waals surface area contributed by atoms with E-state index in [1.54, 1.807) is 5.57 Å². The molecule has 0 heterocycles. The Hall–Kier alpha value is -1.35. The molecule has 0 aromatic heterocycles. The fourth-order valence-corrected chi connectivity index (χ4v) is 12.9. The summed E-state index contributed by atoms with van der Waals surface area (Å²) >= 11 is 0. The molecule has 0 spiro atoms. The molecule has 4 fully saturated rings. The number of nitrogens with two attached hydrogens (primary N) is 1. The summed E-state index contributed by atoms with van der Waals surface area (Å²) in [6.45, 7) is 22.4. The Bertz CT molecular complexity index is 1160. The van der Waals surface area contributed by atoms with Gasteiger partial charge in [-0.3, -0.25) is 4.79 Å². The van der Waals surface area contributed by atoms with E-state index in [1.807, 2.05) is 6.92 Å². The first-order valence-corrected chi connectivity index (χ1v) is 17.2. The number of hydrogen-bond donors (Lipinski definition) is 1. The first kappa shape index (κ1) is 29.7. The SMILES string of the molecule is C=C(C)[C@@H]1CCC2(N)CC[C@]3(C)[C@H](CC[C@@H]4[C@@]5(C)CC=C(C6=CCC(C(=O)OCC)CC6)C(C)(C)[C@@H]5CC[C@]43C)[C@@H]12. The molecule has 41 heavy (non-hydrogen) atoms. The second-order valence-corrected chi connectivity index (χ2v) is 16.9. The van der Waals surface area contributed by atoms with Crippen molar-refractivity contribution in [3.8, 4) is 0 Å². The highest BCUT2D eigenvalue weighted by atomic mass is 16.5. The van der Waals surface area contributed by atoms with Gasteiger partial charge in [0.2, 0.25) is 0 Å². The minimum absolute atomic E-state index is 0.00955. The van der Waals surface area contributed by atoms with Gasteiger partial charge >= 0.3 is 5.97 Å². The zero-order valence-electron chi connectivity index (χ0n) is 27.4. The van der Waals surface area contributed by atoms with Crippen molar-refractivity contribution in [2.45, 2.75) is 131 Å². The molecule has 0 aliphatic heterocycles. The second-order valence-electron chi connectivity index (χ2n) is 16.9. The lowest BCUT2D eigenvalue weighted by Crippen LogP contribution is -2.67. The molecule has 0 saturated heterocycles. The highest BCUT2D eigenvalue weighted by Crippen LogP contribution is 2.76. The highest BCUT2D eigenvalue weighted by Gasteiger charge is 2.70. The van der Waals surface area contributed by atoms with Crippen LogP contribution in [0.1, 0.15) is 126 Å². The van der Waals surface area contributed by atoms with E-state index in [1.165, 1.54) is 68.9 Å². The van der Waals surface area contributed by atoms with Crippen molar-refractivity contribution in [3.63, 3.8) is 0 Å². The molecule has 0 amide bonds. The van der Waals surface area contributed by atoms with Crippen LogP contribution in [0.3, 0.4) is 0 Å². The quantitative estimate of drug-likeness (QED) is 0.275. The Labute approximate surface area is 251 Å². The zero-order valence-corrected chi connectivity index (χ0v) is 27.4. The third kappa shape index (κ3) is 4.09. The molecule has 6 rings (SSSR count). The predicted molar refractivity (Wildman–Crippen MR) is 169 cm³/mol. The van der Waals surface area contributed by atoms with E-state index in [-0.39, 0.29) is 22.8 Å². The number of carbonyl (C=O) groups is 1. The zero-order chi connectivity index (χ0) is 29.6. The van der Waals surface area contributed by atoms with Gasteiger partial charge in [0, 0.05) is 5.54 Å². The van der Waals surface area contributed by atoms with E-state index in [4.69, 9.17) is 10.5 Å². The van der Waals surface area contributed by atoms with Crippen LogP contribution in [0, 0.1) is 57.2 Å². The molecule has 2 unspecified atom stereocenters. The van der Waals surface area contributed by atoms with Crippen LogP contribution in [0.15, 0.2) is 35.5 Å². The van der Waals surface area contributed by atoms with Crippen LogP contribution >= 0.6 is 0 Å². The molecule has 6 aliphatic rings. The monoisotopic (exact) mass is 561 g/mol. The highest BCUT2D eigenvalue weighted by molar-refractivity contribution is 5.73. The standard InChI is InChI=1S/C38H59NO2/c1-9-41-33(40)26-12-10-25(11-13-26)28-17-19-35(6)30(34(28,4)5)18-20-37(8)31(35)15-14-29-32-27(24(2)3)16-21-38(32,39)23-22-36(29,37)7/h10,17,26-27,29-32H,2,9,11-16,18-23,39H2,1,3-8H3/t26?,27-,29+,30-,31+,32+,35-,36+,37+,38?/m0/s1. The van der Waals surface area contributed by atoms with E-state index in [0.717, 1.165) is 31.1 Å². The summed E-state index contributed by atoms with van der Waals surface area (Å²) in [7, 11) is 0. The van der Waals surface area contributed by atoms with Crippen LogP contribution in [-0.4, -0.2) is 18.1 Å². The summed E-state index contributed by atoms with van der Waals surface area (Å²) in [5.74, 6) is 3.45. The Balaban J connectivity index is 1.29. The minimum atomic E-state index is -0.00955. The normalized spacial score (nSPS) is 48.5. The molecule has 3 heteroatoms. The average Bonchev–Trinajstić information content (AvgIpc) is 3.27. The summed E-state index contributed by atoms with van der Waals surface area (Å²) < 4.78 is 5.34. The molecule has 0 aromatic rings. The van der Waals surface area contributed by atoms with Crippen LogP contribution in [-0.2, 0) is 9.53 Å². The van der Waals surface area contributed by atoms with Crippen LogP contribution in [0.25, 0.3) is 0 Å². The average molecular weight is 562 g/mol. The summed E-state index contributed by atoms with van der Waals surface area (Å²) in [5, 5.41) is 0. The molecule has 0 bridgehead atoms. The lowest BCUT2D eigenvalue weighted by atomic mass is 9.33. The smallest absolute Gasteiger partial charge is 0.309 e. The molecule has 2 N–H and O–H groups in total. The Morgan fingerprint density at radius 2 is 1.71 bits per heavy atom. The van der Waals surface area contributed by atoms with Crippen molar-refractivity contribution in [1.82, 2.24) is 0 Å². The van der Waals surface area contributed by atoms with E-state index >= 15 is 0 Å². The topological polar surface area (TPSA) is 52.3 Å². The van der Waals surface area contributed by atoms with E-state index in [0.29, 0.717) is 40.6 Å². The van der Waals surface area contributed by atoms with Crippen LogP contribution in [0.4, 0.5) is 0 Å². The molecular weight excluding hydrogens is 502 g/mol. The number of fused-ring (bicyclic) bond motifs is 7. The van der Waals surface area contributed by atoms with E-state index < -0.39 is 0 Å². The van der Waals surface area contributed by atoms with Gasteiger partial charge in [0.25, 0.3) is 0 Å². The first-order chi connectivity index (χ1) is 19.2. The molecule has 10 atom stereocenters. The van der Waals surface area contributed by atoms with Crippen LogP contribution in [0.2, 0.25) is 0 Å². The number of rotatable bonds is 4. The third-order valence-corrected chi connectivity index (χ3v) is 15.1. The van der Waals surface area contributed by atoms with Gasteiger partial charge in [0.15, 0.2) is 0 Å². The van der Waals surface area contributed by atoms with Crippen molar-refractivity contribution < 1.29 is 9.53 Å². The second kappa shape index (κ2) is 9.83. The van der Waals surface area contributed by atoms with Gasteiger partial charge in [0.1, 0.15) is 0 Å².